The maximum Gasteiger partial charge on any atom is 0.0685 e. The van der Waals surface area contributed by atoms with Gasteiger partial charge in [0, 0.05) is 36.6 Å². The molecule has 0 aromatic heterocycles. The molecule has 5 atom stereocenters. The van der Waals surface area contributed by atoms with Crippen LogP contribution in [0.5, 0.6) is 0 Å². The van der Waals surface area contributed by atoms with Gasteiger partial charge in [0.15, 0.2) is 0 Å². The van der Waals surface area contributed by atoms with Crippen molar-refractivity contribution in [3.8, 4) is 0 Å². The van der Waals surface area contributed by atoms with Crippen molar-refractivity contribution >= 4 is 0 Å². The molecule has 0 aromatic rings. The fourth-order valence-electron chi connectivity index (χ4n) is 4.02. The molecule has 3 heteroatoms. The average molecular weight is 239 g/mol. The van der Waals surface area contributed by atoms with Crippen LogP contribution in [0.25, 0.3) is 0 Å². The second-order valence-electron chi connectivity index (χ2n) is 6.66. The first-order valence-corrected chi connectivity index (χ1v) is 7.06. The lowest BCUT2D eigenvalue weighted by Crippen LogP contribution is -2.68. The van der Waals surface area contributed by atoms with Crippen LogP contribution in [0.4, 0.5) is 0 Å². The number of hydrogen-bond donors (Lipinski definition) is 1. The second-order valence-corrected chi connectivity index (χ2v) is 6.66. The van der Waals surface area contributed by atoms with Gasteiger partial charge in [0.1, 0.15) is 0 Å². The molecule has 3 nitrogen and oxygen atoms in total. The number of nitrogens with one attached hydrogen (secondary N) is 1. The van der Waals surface area contributed by atoms with E-state index in [2.05, 4.69) is 26.1 Å². The van der Waals surface area contributed by atoms with Crippen LogP contribution in [0.15, 0.2) is 0 Å². The van der Waals surface area contributed by atoms with Crippen LogP contribution in [0.1, 0.15) is 33.6 Å². The number of hydrogen-bond acceptors (Lipinski definition) is 3. The summed E-state index contributed by atoms with van der Waals surface area (Å²) >= 11 is 0. The Hall–Kier alpha value is -0.120. The summed E-state index contributed by atoms with van der Waals surface area (Å²) in [6.45, 7) is 9.78. The predicted octanol–water partition coefficient (Wildman–Crippen LogP) is 1.81. The van der Waals surface area contributed by atoms with Crippen molar-refractivity contribution in [2.75, 3.05) is 19.8 Å². The van der Waals surface area contributed by atoms with Gasteiger partial charge in [-0.3, -0.25) is 0 Å². The molecule has 1 aliphatic carbocycles. The lowest BCUT2D eigenvalue weighted by Gasteiger charge is -2.56. The molecule has 1 saturated carbocycles. The van der Waals surface area contributed by atoms with E-state index in [0.717, 1.165) is 32.2 Å². The summed E-state index contributed by atoms with van der Waals surface area (Å²) in [5.74, 6) is 1.39. The van der Waals surface area contributed by atoms with Crippen molar-refractivity contribution in [3.63, 3.8) is 0 Å². The van der Waals surface area contributed by atoms with Gasteiger partial charge in [-0.15, -0.1) is 0 Å². The fraction of sp³-hybridized carbons (Fsp3) is 1.00. The first kappa shape index (κ1) is 11.9. The van der Waals surface area contributed by atoms with Gasteiger partial charge >= 0.3 is 0 Å². The van der Waals surface area contributed by atoms with Crippen LogP contribution in [0, 0.1) is 17.3 Å². The van der Waals surface area contributed by atoms with Crippen LogP contribution in [-0.2, 0) is 9.47 Å². The molecule has 0 radical (unpaired) electrons. The summed E-state index contributed by atoms with van der Waals surface area (Å²) in [5.41, 5.74) is 0.305. The first-order valence-electron chi connectivity index (χ1n) is 7.06. The molecule has 3 aliphatic rings. The highest BCUT2D eigenvalue weighted by Gasteiger charge is 2.59. The van der Waals surface area contributed by atoms with Crippen LogP contribution in [0.2, 0.25) is 0 Å². The monoisotopic (exact) mass is 239 g/mol. The minimum atomic E-state index is 0.305. The highest BCUT2D eigenvalue weighted by molar-refractivity contribution is 5.12. The zero-order valence-electron chi connectivity index (χ0n) is 11.2. The van der Waals surface area contributed by atoms with E-state index < -0.39 is 0 Å². The Morgan fingerprint density at radius 2 is 2.00 bits per heavy atom. The number of ether oxygens (including phenoxy) is 2. The summed E-state index contributed by atoms with van der Waals surface area (Å²) in [6.07, 6.45) is 2.89. The molecule has 1 N–H and O–H groups in total. The highest BCUT2D eigenvalue weighted by Crippen LogP contribution is 2.52. The molecule has 17 heavy (non-hydrogen) atoms. The molecule has 2 heterocycles. The predicted molar refractivity (Wildman–Crippen MR) is 66.9 cm³/mol. The molecular formula is C14H25NO2. The standard InChI is InChI=1S/C14H25NO2/c1-9-8-16-6-5-11(9)15-12-10-4-7-17-13(10)14(12,2)3/h9-13,15H,4-8H2,1-3H3. The van der Waals surface area contributed by atoms with Gasteiger partial charge in [-0.05, 0) is 18.8 Å². The minimum Gasteiger partial charge on any atom is -0.381 e. The van der Waals surface area contributed by atoms with E-state index in [1.807, 2.05) is 0 Å². The van der Waals surface area contributed by atoms with Gasteiger partial charge in [0.2, 0.25) is 0 Å². The van der Waals surface area contributed by atoms with Gasteiger partial charge in [-0.1, -0.05) is 20.8 Å². The van der Waals surface area contributed by atoms with Crippen molar-refractivity contribution in [1.82, 2.24) is 5.32 Å². The molecule has 3 fully saturated rings. The molecule has 5 unspecified atom stereocenters. The van der Waals surface area contributed by atoms with Crippen molar-refractivity contribution in [3.05, 3.63) is 0 Å². The summed E-state index contributed by atoms with van der Waals surface area (Å²) in [5, 5.41) is 3.91. The maximum absolute atomic E-state index is 5.85. The Bertz CT molecular complexity index is 292. The van der Waals surface area contributed by atoms with E-state index in [1.165, 1.54) is 6.42 Å². The Labute approximate surface area is 104 Å². The minimum absolute atomic E-state index is 0.305. The van der Waals surface area contributed by atoms with Gasteiger partial charge in [-0.2, -0.15) is 0 Å². The van der Waals surface area contributed by atoms with E-state index in [-0.39, 0.29) is 0 Å². The van der Waals surface area contributed by atoms with E-state index in [4.69, 9.17) is 9.47 Å². The third-order valence-corrected chi connectivity index (χ3v) is 5.13. The van der Waals surface area contributed by atoms with Gasteiger partial charge in [0.25, 0.3) is 0 Å². The van der Waals surface area contributed by atoms with E-state index in [1.54, 1.807) is 0 Å². The Morgan fingerprint density at radius 3 is 2.76 bits per heavy atom. The lowest BCUT2D eigenvalue weighted by atomic mass is 9.57. The fourth-order valence-corrected chi connectivity index (χ4v) is 4.02. The summed E-state index contributed by atoms with van der Waals surface area (Å²) in [7, 11) is 0. The van der Waals surface area contributed by atoms with Crippen molar-refractivity contribution in [1.29, 1.82) is 0 Å². The Kier molecular flexibility index (Phi) is 2.96. The first-order chi connectivity index (χ1) is 8.10. The Morgan fingerprint density at radius 1 is 1.18 bits per heavy atom. The molecular weight excluding hydrogens is 214 g/mol. The third-order valence-electron chi connectivity index (χ3n) is 5.13. The van der Waals surface area contributed by atoms with Gasteiger partial charge in [-0.25, -0.2) is 0 Å². The molecule has 2 saturated heterocycles. The molecule has 0 amide bonds. The van der Waals surface area contributed by atoms with Crippen molar-refractivity contribution in [2.45, 2.75) is 51.8 Å². The Balaban J connectivity index is 1.64. The van der Waals surface area contributed by atoms with Crippen LogP contribution >= 0.6 is 0 Å². The van der Waals surface area contributed by atoms with Crippen LogP contribution in [0.3, 0.4) is 0 Å². The van der Waals surface area contributed by atoms with Gasteiger partial charge in [0.05, 0.1) is 12.7 Å². The highest BCUT2D eigenvalue weighted by atomic mass is 16.5. The molecule has 0 bridgehead atoms. The summed E-state index contributed by atoms with van der Waals surface area (Å²) in [4.78, 5) is 0. The zero-order valence-corrected chi connectivity index (χ0v) is 11.2. The largest absolute Gasteiger partial charge is 0.381 e. The maximum atomic E-state index is 5.85. The molecule has 0 spiro atoms. The molecule has 2 aliphatic heterocycles. The van der Waals surface area contributed by atoms with Crippen LogP contribution < -0.4 is 5.32 Å². The molecule has 98 valence electrons. The quantitative estimate of drug-likeness (QED) is 0.797. The second kappa shape index (κ2) is 4.22. The number of fused-ring (bicyclic) bond motifs is 1. The van der Waals surface area contributed by atoms with Crippen molar-refractivity contribution in [2.24, 2.45) is 17.3 Å². The topological polar surface area (TPSA) is 30.5 Å². The molecule has 3 rings (SSSR count). The SMILES string of the molecule is CC1COCCC1NC1C2CCOC2C1(C)C. The normalized spacial score (nSPS) is 48.5. The molecule has 0 aromatic carbocycles. The van der Waals surface area contributed by atoms with E-state index in [9.17, 15) is 0 Å². The smallest absolute Gasteiger partial charge is 0.0685 e. The third kappa shape index (κ3) is 1.83. The average Bonchev–Trinajstić information content (AvgIpc) is 2.74. The lowest BCUT2D eigenvalue weighted by molar-refractivity contribution is -0.120. The van der Waals surface area contributed by atoms with Crippen LogP contribution in [-0.4, -0.2) is 38.0 Å². The van der Waals surface area contributed by atoms with Crippen molar-refractivity contribution < 1.29 is 9.47 Å². The summed E-state index contributed by atoms with van der Waals surface area (Å²) < 4.78 is 11.4. The van der Waals surface area contributed by atoms with E-state index in [0.29, 0.717) is 29.5 Å². The zero-order chi connectivity index (χ0) is 12.0. The van der Waals surface area contributed by atoms with E-state index >= 15 is 0 Å². The van der Waals surface area contributed by atoms with Gasteiger partial charge < -0.3 is 14.8 Å². The number of rotatable bonds is 2. The summed E-state index contributed by atoms with van der Waals surface area (Å²) in [6, 6.07) is 1.27.